The third kappa shape index (κ3) is 5.14. The molecule has 3 heterocycles. The van der Waals surface area contributed by atoms with E-state index >= 15 is 0 Å². The SMILES string of the molecule is COC(=O)c1ccccc1NC(=S)N(Cc1cc2cc3c(cc2[nH]c1=O)OCCO3)C[C@H]1CCCO1. The van der Waals surface area contributed by atoms with Crippen LogP contribution in [0.25, 0.3) is 10.9 Å². The summed E-state index contributed by atoms with van der Waals surface area (Å²) in [5.74, 6) is 0.804. The number of anilines is 1. The van der Waals surface area contributed by atoms with Gasteiger partial charge in [-0.05, 0) is 49.3 Å². The van der Waals surface area contributed by atoms with Crippen molar-refractivity contribution >= 4 is 39.9 Å². The van der Waals surface area contributed by atoms with Gasteiger partial charge in [-0.15, -0.1) is 0 Å². The zero-order valence-electron chi connectivity index (χ0n) is 19.9. The molecule has 0 unspecified atom stereocenters. The number of carbonyl (C=O) groups excluding carboxylic acids is 1. The van der Waals surface area contributed by atoms with Crippen molar-refractivity contribution in [1.29, 1.82) is 0 Å². The van der Waals surface area contributed by atoms with Gasteiger partial charge in [0.2, 0.25) is 0 Å². The van der Waals surface area contributed by atoms with Crippen molar-refractivity contribution in [3.8, 4) is 11.5 Å². The summed E-state index contributed by atoms with van der Waals surface area (Å²) in [7, 11) is 1.33. The molecule has 0 saturated carbocycles. The topological polar surface area (TPSA) is 102 Å². The maximum atomic E-state index is 13.0. The summed E-state index contributed by atoms with van der Waals surface area (Å²) >= 11 is 5.75. The zero-order chi connectivity index (χ0) is 25.1. The Balaban J connectivity index is 1.44. The number of carbonyl (C=O) groups is 1. The number of aromatic nitrogens is 1. The van der Waals surface area contributed by atoms with E-state index in [1.54, 1.807) is 24.3 Å². The number of pyridine rings is 1. The third-order valence-electron chi connectivity index (χ3n) is 6.25. The van der Waals surface area contributed by atoms with Gasteiger partial charge in [0.25, 0.3) is 5.56 Å². The Morgan fingerprint density at radius 1 is 1.17 bits per heavy atom. The van der Waals surface area contributed by atoms with Gasteiger partial charge in [-0.1, -0.05) is 12.1 Å². The van der Waals surface area contributed by atoms with E-state index in [1.807, 2.05) is 23.1 Å². The number of fused-ring (bicyclic) bond motifs is 2. The average Bonchev–Trinajstić information content (AvgIpc) is 3.40. The van der Waals surface area contributed by atoms with Crippen LogP contribution < -0.4 is 20.3 Å². The Morgan fingerprint density at radius 2 is 1.94 bits per heavy atom. The standard InChI is InChI=1S/C26H27N3O6S/c1-32-25(31)19-6-2-3-7-20(19)28-26(36)29(15-18-5-4-8-33-18)14-17-11-16-12-22-23(35-10-9-34-22)13-21(16)27-24(17)30/h2-3,6-7,11-13,18H,4-5,8-10,14-15H2,1H3,(H,27,30)(H,28,36)/t18-/m1/s1. The van der Waals surface area contributed by atoms with Crippen LogP contribution in [-0.4, -0.2) is 60.5 Å². The minimum Gasteiger partial charge on any atom is -0.486 e. The summed E-state index contributed by atoms with van der Waals surface area (Å²) in [6.07, 6.45) is 1.89. The summed E-state index contributed by atoms with van der Waals surface area (Å²) in [4.78, 5) is 30.1. The van der Waals surface area contributed by atoms with E-state index < -0.39 is 5.97 Å². The van der Waals surface area contributed by atoms with Gasteiger partial charge >= 0.3 is 5.97 Å². The van der Waals surface area contributed by atoms with Crippen LogP contribution in [0.2, 0.25) is 0 Å². The van der Waals surface area contributed by atoms with Crippen molar-refractivity contribution in [3.63, 3.8) is 0 Å². The smallest absolute Gasteiger partial charge is 0.339 e. The van der Waals surface area contributed by atoms with E-state index in [0.29, 0.717) is 65.3 Å². The molecule has 1 atom stereocenters. The molecule has 188 valence electrons. The number of hydrogen-bond donors (Lipinski definition) is 2. The van der Waals surface area contributed by atoms with E-state index in [-0.39, 0.29) is 18.2 Å². The molecule has 5 rings (SSSR count). The van der Waals surface area contributed by atoms with Crippen molar-refractivity contribution in [2.75, 3.05) is 38.8 Å². The number of H-pyrrole nitrogens is 1. The van der Waals surface area contributed by atoms with Gasteiger partial charge in [0.15, 0.2) is 16.6 Å². The fraction of sp³-hybridized carbons (Fsp3) is 0.346. The second-order valence-electron chi connectivity index (χ2n) is 8.69. The molecule has 2 aliphatic heterocycles. The Bertz CT molecular complexity index is 1350. The zero-order valence-corrected chi connectivity index (χ0v) is 20.7. The number of hydrogen-bond acceptors (Lipinski definition) is 7. The number of methoxy groups -OCH3 is 1. The van der Waals surface area contributed by atoms with Gasteiger partial charge in [-0.3, -0.25) is 4.79 Å². The average molecular weight is 510 g/mol. The van der Waals surface area contributed by atoms with Crippen LogP contribution in [0.5, 0.6) is 11.5 Å². The van der Waals surface area contributed by atoms with E-state index in [2.05, 4.69) is 10.3 Å². The lowest BCUT2D eigenvalue weighted by Gasteiger charge is -2.28. The molecule has 0 amide bonds. The van der Waals surface area contributed by atoms with Crippen LogP contribution >= 0.6 is 12.2 Å². The number of esters is 1. The van der Waals surface area contributed by atoms with Crippen LogP contribution in [0.15, 0.2) is 47.3 Å². The number of aromatic amines is 1. The number of benzene rings is 2. The van der Waals surface area contributed by atoms with Crippen LogP contribution in [-0.2, 0) is 16.0 Å². The van der Waals surface area contributed by atoms with E-state index in [4.69, 9.17) is 31.2 Å². The molecule has 10 heteroatoms. The fourth-order valence-electron chi connectivity index (χ4n) is 4.44. The first kappa shape index (κ1) is 24.1. The highest BCUT2D eigenvalue weighted by Crippen LogP contribution is 2.33. The molecule has 36 heavy (non-hydrogen) atoms. The normalized spacial score (nSPS) is 16.5. The lowest BCUT2D eigenvalue weighted by molar-refractivity contribution is 0.0602. The molecular formula is C26H27N3O6S. The highest BCUT2D eigenvalue weighted by molar-refractivity contribution is 7.80. The molecule has 3 aromatic rings. The summed E-state index contributed by atoms with van der Waals surface area (Å²) in [6.45, 7) is 2.42. The molecule has 1 saturated heterocycles. The van der Waals surface area contributed by atoms with Crippen LogP contribution in [0.4, 0.5) is 5.69 Å². The minimum absolute atomic E-state index is 0.00212. The summed E-state index contributed by atoms with van der Waals surface area (Å²) in [5, 5.41) is 4.38. The van der Waals surface area contributed by atoms with Gasteiger partial charge in [-0.25, -0.2) is 4.79 Å². The van der Waals surface area contributed by atoms with Crippen molar-refractivity contribution in [2.45, 2.75) is 25.5 Å². The second kappa shape index (κ2) is 10.5. The predicted molar refractivity (Wildman–Crippen MR) is 139 cm³/mol. The molecule has 0 spiro atoms. The molecular weight excluding hydrogens is 482 g/mol. The molecule has 1 aromatic heterocycles. The molecule has 0 bridgehead atoms. The summed E-state index contributed by atoms with van der Waals surface area (Å²) < 4.78 is 22.1. The lowest BCUT2D eigenvalue weighted by Crippen LogP contribution is -2.40. The highest BCUT2D eigenvalue weighted by atomic mass is 32.1. The summed E-state index contributed by atoms with van der Waals surface area (Å²) in [5.41, 5.74) is 1.90. The number of nitrogens with one attached hydrogen (secondary N) is 2. The van der Waals surface area contributed by atoms with Crippen LogP contribution in [0.3, 0.4) is 0 Å². The van der Waals surface area contributed by atoms with Crippen LogP contribution in [0.1, 0.15) is 28.8 Å². The van der Waals surface area contributed by atoms with Crippen molar-refractivity contribution in [2.24, 2.45) is 0 Å². The first-order valence-electron chi connectivity index (χ1n) is 11.8. The van der Waals surface area contributed by atoms with Crippen LogP contribution in [0, 0.1) is 0 Å². The third-order valence-corrected chi connectivity index (χ3v) is 6.61. The minimum atomic E-state index is -0.466. The van der Waals surface area contributed by atoms with E-state index in [0.717, 1.165) is 18.2 Å². The van der Waals surface area contributed by atoms with Crippen molar-refractivity contribution in [1.82, 2.24) is 9.88 Å². The van der Waals surface area contributed by atoms with Gasteiger partial charge in [-0.2, -0.15) is 0 Å². The van der Waals surface area contributed by atoms with Crippen molar-refractivity contribution in [3.05, 3.63) is 63.9 Å². The first-order chi connectivity index (χ1) is 17.5. The highest BCUT2D eigenvalue weighted by Gasteiger charge is 2.23. The quantitative estimate of drug-likeness (QED) is 0.382. The van der Waals surface area contributed by atoms with E-state index in [9.17, 15) is 9.59 Å². The molecule has 0 radical (unpaired) electrons. The van der Waals surface area contributed by atoms with Gasteiger partial charge in [0.05, 0.1) is 36.5 Å². The first-order valence-corrected chi connectivity index (χ1v) is 12.2. The van der Waals surface area contributed by atoms with Gasteiger partial charge in [0.1, 0.15) is 13.2 Å². The van der Waals surface area contributed by atoms with Gasteiger partial charge in [0, 0.05) is 30.2 Å². The molecule has 2 aliphatic rings. The number of thiocarbonyl (C=S) groups is 1. The lowest BCUT2D eigenvalue weighted by atomic mass is 10.1. The molecule has 9 nitrogen and oxygen atoms in total. The summed E-state index contributed by atoms with van der Waals surface area (Å²) in [6, 6.07) is 12.5. The number of rotatable bonds is 6. The maximum absolute atomic E-state index is 13.0. The molecule has 2 aromatic carbocycles. The Hall–Kier alpha value is -3.63. The van der Waals surface area contributed by atoms with Crippen molar-refractivity contribution < 1.29 is 23.7 Å². The Kier molecular flexibility index (Phi) is 7.06. The monoisotopic (exact) mass is 509 g/mol. The molecule has 1 fully saturated rings. The maximum Gasteiger partial charge on any atom is 0.339 e. The van der Waals surface area contributed by atoms with Gasteiger partial charge < -0.3 is 34.1 Å². The predicted octanol–water partition coefficient (Wildman–Crippen LogP) is 3.46. The fourth-order valence-corrected chi connectivity index (χ4v) is 4.69. The largest absolute Gasteiger partial charge is 0.486 e. The second-order valence-corrected chi connectivity index (χ2v) is 9.08. The molecule has 2 N–H and O–H groups in total. The number of nitrogens with zero attached hydrogens (tertiary/aromatic N) is 1. The molecule has 0 aliphatic carbocycles. The Labute approximate surface area is 213 Å². The Morgan fingerprint density at radius 3 is 2.69 bits per heavy atom. The number of para-hydroxylation sites is 1. The van der Waals surface area contributed by atoms with E-state index in [1.165, 1.54) is 7.11 Å². The number of ether oxygens (including phenoxy) is 4.